The molecule has 88 valence electrons. The Morgan fingerprint density at radius 2 is 2.24 bits per heavy atom. The quantitative estimate of drug-likeness (QED) is 0.801. The Balaban J connectivity index is 1.95. The SMILES string of the molecule is COc1cccc(CCC(=O)c2cc[nH]c2)c1. The molecule has 0 atom stereocenters. The van der Waals surface area contributed by atoms with Gasteiger partial charge in [-0.05, 0) is 30.2 Å². The van der Waals surface area contributed by atoms with Crippen LogP contribution in [-0.2, 0) is 6.42 Å². The fraction of sp³-hybridized carbons (Fsp3) is 0.214. The van der Waals surface area contributed by atoms with Crippen LogP contribution in [0.3, 0.4) is 0 Å². The first kappa shape index (κ1) is 11.5. The predicted molar refractivity (Wildman–Crippen MR) is 66.4 cm³/mol. The molecule has 1 aromatic heterocycles. The number of ketones is 1. The summed E-state index contributed by atoms with van der Waals surface area (Å²) in [6.07, 6.45) is 4.75. The van der Waals surface area contributed by atoms with E-state index in [1.165, 1.54) is 0 Å². The van der Waals surface area contributed by atoms with Crippen LogP contribution in [0.1, 0.15) is 22.3 Å². The van der Waals surface area contributed by atoms with Crippen LogP contribution in [0.15, 0.2) is 42.7 Å². The van der Waals surface area contributed by atoms with Gasteiger partial charge in [-0.25, -0.2) is 0 Å². The number of aromatic nitrogens is 1. The number of Topliss-reactive ketones (excluding diaryl/α,β-unsaturated/α-hetero) is 1. The first-order valence-corrected chi connectivity index (χ1v) is 5.58. The van der Waals surface area contributed by atoms with E-state index < -0.39 is 0 Å². The Labute approximate surface area is 100 Å². The van der Waals surface area contributed by atoms with Gasteiger partial charge in [0.05, 0.1) is 7.11 Å². The van der Waals surface area contributed by atoms with E-state index in [4.69, 9.17) is 4.74 Å². The summed E-state index contributed by atoms with van der Waals surface area (Å²) in [5.41, 5.74) is 1.86. The molecule has 0 saturated carbocycles. The summed E-state index contributed by atoms with van der Waals surface area (Å²) in [5, 5.41) is 0. The first-order valence-electron chi connectivity index (χ1n) is 5.58. The molecular weight excluding hydrogens is 214 g/mol. The van der Waals surface area contributed by atoms with Gasteiger partial charge < -0.3 is 9.72 Å². The summed E-state index contributed by atoms with van der Waals surface area (Å²) in [6.45, 7) is 0. The average Bonchev–Trinajstić information content (AvgIpc) is 2.90. The van der Waals surface area contributed by atoms with Gasteiger partial charge in [0.25, 0.3) is 0 Å². The van der Waals surface area contributed by atoms with Crippen LogP contribution in [0.2, 0.25) is 0 Å². The van der Waals surface area contributed by atoms with E-state index in [1.807, 2.05) is 24.3 Å². The number of carbonyl (C=O) groups excluding carboxylic acids is 1. The lowest BCUT2D eigenvalue weighted by Crippen LogP contribution is -1.99. The monoisotopic (exact) mass is 229 g/mol. The molecule has 0 radical (unpaired) electrons. The topological polar surface area (TPSA) is 42.1 Å². The van der Waals surface area contributed by atoms with Gasteiger partial charge in [-0.15, -0.1) is 0 Å². The van der Waals surface area contributed by atoms with Crippen molar-refractivity contribution in [3.63, 3.8) is 0 Å². The number of methoxy groups -OCH3 is 1. The molecular formula is C14H15NO2. The minimum atomic E-state index is 0.161. The number of carbonyl (C=O) groups is 1. The Morgan fingerprint density at radius 1 is 1.35 bits per heavy atom. The Morgan fingerprint density at radius 3 is 2.94 bits per heavy atom. The Bertz CT molecular complexity index is 489. The molecule has 1 aromatic carbocycles. The van der Waals surface area contributed by atoms with Gasteiger partial charge in [0.1, 0.15) is 5.75 Å². The third-order valence-electron chi connectivity index (χ3n) is 2.69. The van der Waals surface area contributed by atoms with Crippen molar-refractivity contribution in [2.24, 2.45) is 0 Å². The highest BCUT2D eigenvalue weighted by atomic mass is 16.5. The van der Waals surface area contributed by atoms with Gasteiger partial charge in [-0.1, -0.05) is 12.1 Å². The van der Waals surface area contributed by atoms with E-state index >= 15 is 0 Å². The van der Waals surface area contributed by atoms with Gasteiger partial charge >= 0.3 is 0 Å². The van der Waals surface area contributed by atoms with E-state index in [1.54, 1.807) is 25.6 Å². The Hall–Kier alpha value is -2.03. The molecule has 1 N–H and O–H groups in total. The molecule has 0 aliphatic rings. The molecule has 2 rings (SSSR count). The molecule has 0 unspecified atom stereocenters. The number of nitrogens with one attached hydrogen (secondary N) is 1. The largest absolute Gasteiger partial charge is 0.497 e. The molecule has 0 fully saturated rings. The molecule has 0 bridgehead atoms. The van der Waals surface area contributed by atoms with Crippen molar-refractivity contribution >= 4 is 5.78 Å². The average molecular weight is 229 g/mol. The second-order valence-corrected chi connectivity index (χ2v) is 3.87. The summed E-state index contributed by atoms with van der Waals surface area (Å²) in [4.78, 5) is 14.7. The van der Waals surface area contributed by atoms with E-state index in [9.17, 15) is 4.79 Å². The van der Waals surface area contributed by atoms with E-state index in [-0.39, 0.29) is 5.78 Å². The molecule has 3 nitrogen and oxygen atoms in total. The number of benzene rings is 1. The van der Waals surface area contributed by atoms with Crippen LogP contribution < -0.4 is 4.74 Å². The third-order valence-corrected chi connectivity index (χ3v) is 2.69. The lowest BCUT2D eigenvalue weighted by atomic mass is 10.0. The van der Waals surface area contributed by atoms with Crippen LogP contribution >= 0.6 is 0 Å². The van der Waals surface area contributed by atoms with Crippen LogP contribution in [0.25, 0.3) is 0 Å². The summed E-state index contributed by atoms with van der Waals surface area (Å²) in [7, 11) is 1.64. The maximum Gasteiger partial charge on any atom is 0.164 e. The van der Waals surface area contributed by atoms with E-state index in [2.05, 4.69) is 4.98 Å². The standard InChI is InChI=1S/C14H15NO2/c1-17-13-4-2-3-11(9-13)5-6-14(16)12-7-8-15-10-12/h2-4,7-10,15H,5-6H2,1H3. The number of ether oxygens (including phenoxy) is 1. The number of aryl methyl sites for hydroxylation is 1. The molecule has 0 spiro atoms. The van der Waals surface area contributed by atoms with Gasteiger partial charge in [-0.2, -0.15) is 0 Å². The zero-order valence-corrected chi connectivity index (χ0v) is 9.77. The summed E-state index contributed by atoms with van der Waals surface area (Å²) in [5.74, 6) is 0.991. The van der Waals surface area contributed by atoms with Gasteiger partial charge in [0.2, 0.25) is 0 Å². The second-order valence-electron chi connectivity index (χ2n) is 3.87. The van der Waals surface area contributed by atoms with Crippen LogP contribution in [-0.4, -0.2) is 17.9 Å². The Kier molecular flexibility index (Phi) is 3.60. The minimum absolute atomic E-state index is 0.161. The lowest BCUT2D eigenvalue weighted by Gasteiger charge is -2.03. The summed E-state index contributed by atoms with van der Waals surface area (Å²) >= 11 is 0. The maximum atomic E-state index is 11.8. The smallest absolute Gasteiger partial charge is 0.164 e. The van der Waals surface area contributed by atoms with Gasteiger partial charge in [0.15, 0.2) is 5.78 Å². The molecule has 3 heteroatoms. The zero-order valence-electron chi connectivity index (χ0n) is 9.77. The van der Waals surface area contributed by atoms with Gasteiger partial charge in [0, 0.05) is 24.4 Å². The summed E-state index contributed by atoms with van der Waals surface area (Å²) in [6, 6.07) is 9.61. The summed E-state index contributed by atoms with van der Waals surface area (Å²) < 4.78 is 5.14. The molecule has 0 aliphatic heterocycles. The molecule has 0 aliphatic carbocycles. The molecule has 1 heterocycles. The molecule has 2 aromatic rings. The van der Waals surface area contributed by atoms with E-state index in [0.717, 1.165) is 23.3 Å². The number of H-pyrrole nitrogens is 1. The highest BCUT2D eigenvalue weighted by molar-refractivity contribution is 5.95. The number of hydrogen-bond donors (Lipinski definition) is 1. The second kappa shape index (κ2) is 5.34. The van der Waals surface area contributed by atoms with Crippen molar-refractivity contribution in [2.45, 2.75) is 12.8 Å². The van der Waals surface area contributed by atoms with Gasteiger partial charge in [-0.3, -0.25) is 4.79 Å². The van der Waals surface area contributed by atoms with Crippen LogP contribution in [0, 0.1) is 0 Å². The lowest BCUT2D eigenvalue weighted by molar-refractivity contribution is 0.0983. The fourth-order valence-corrected chi connectivity index (χ4v) is 1.73. The number of aromatic amines is 1. The van der Waals surface area contributed by atoms with Crippen LogP contribution in [0.5, 0.6) is 5.75 Å². The zero-order chi connectivity index (χ0) is 12.1. The van der Waals surface area contributed by atoms with Crippen molar-refractivity contribution in [3.05, 3.63) is 53.9 Å². The van der Waals surface area contributed by atoms with Crippen molar-refractivity contribution < 1.29 is 9.53 Å². The molecule has 17 heavy (non-hydrogen) atoms. The third kappa shape index (κ3) is 2.97. The first-order chi connectivity index (χ1) is 8.29. The molecule has 0 amide bonds. The normalized spacial score (nSPS) is 10.2. The number of hydrogen-bond acceptors (Lipinski definition) is 2. The van der Waals surface area contributed by atoms with Crippen LogP contribution in [0.4, 0.5) is 0 Å². The highest BCUT2D eigenvalue weighted by Crippen LogP contribution is 2.15. The highest BCUT2D eigenvalue weighted by Gasteiger charge is 2.06. The predicted octanol–water partition coefficient (Wildman–Crippen LogP) is 2.84. The van der Waals surface area contributed by atoms with Crippen molar-refractivity contribution in [2.75, 3.05) is 7.11 Å². The van der Waals surface area contributed by atoms with Crippen molar-refractivity contribution in [1.82, 2.24) is 4.98 Å². The number of rotatable bonds is 5. The van der Waals surface area contributed by atoms with E-state index in [0.29, 0.717) is 6.42 Å². The fourth-order valence-electron chi connectivity index (χ4n) is 1.73. The minimum Gasteiger partial charge on any atom is -0.497 e. The van der Waals surface area contributed by atoms with Crippen molar-refractivity contribution in [3.8, 4) is 5.75 Å². The maximum absolute atomic E-state index is 11.8. The molecule has 0 saturated heterocycles. The van der Waals surface area contributed by atoms with Crippen molar-refractivity contribution in [1.29, 1.82) is 0 Å².